The van der Waals surface area contributed by atoms with Crippen molar-refractivity contribution < 1.29 is 9.47 Å². The SMILES string of the molecule is COc1cccc(COc2cc(Cl)nc(SC)n2)c1. The lowest BCUT2D eigenvalue weighted by Crippen LogP contribution is -1.99. The molecule has 0 amide bonds. The van der Waals surface area contributed by atoms with Gasteiger partial charge in [-0.1, -0.05) is 35.5 Å². The molecule has 0 fully saturated rings. The number of nitrogens with zero attached hydrogens (tertiary/aromatic N) is 2. The van der Waals surface area contributed by atoms with E-state index in [0.29, 0.717) is 22.8 Å². The fourth-order valence-electron chi connectivity index (χ4n) is 1.46. The van der Waals surface area contributed by atoms with Crippen LogP contribution in [0.25, 0.3) is 0 Å². The van der Waals surface area contributed by atoms with Crippen molar-refractivity contribution in [3.63, 3.8) is 0 Å². The summed E-state index contributed by atoms with van der Waals surface area (Å²) in [6, 6.07) is 9.27. The summed E-state index contributed by atoms with van der Waals surface area (Å²) in [5.74, 6) is 1.26. The molecule has 0 bridgehead atoms. The van der Waals surface area contributed by atoms with Crippen LogP contribution in [0.2, 0.25) is 5.15 Å². The second kappa shape index (κ2) is 6.63. The van der Waals surface area contributed by atoms with Crippen molar-refractivity contribution in [2.75, 3.05) is 13.4 Å². The summed E-state index contributed by atoms with van der Waals surface area (Å²) < 4.78 is 10.8. The van der Waals surface area contributed by atoms with Gasteiger partial charge >= 0.3 is 0 Å². The maximum Gasteiger partial charge on any atom is 0.219 e. The standard InChI is InChI=1S/C13H13ClN2O2S/c1-17-10-5-3-4-9(6-10)8-18-12-7-11(14)15-13(16-12)19-2/h3-7H,8H2,1-2H3. The highest BCUT2D eigenvalue weighted by atomic mass is 35.5. The summed E-state index contributed by atoms with van der Waals surface area (Å²) in [6.07, 6.45) is 1.89. The summed E-state index contributed by atoms with van der Waals surface area (Å²) in [7, 11) is 1.63. The number of hydrogen-bond acceptors (Lipinski definition) is 5. The Kier molecular flexibility index (Phi) is 4.87. The van der Waals surface area contributed by atoms with Crippen molar-refractivity contribution in [1.82, 2.24) is 9.97 Å². The van der Waals surface area contributed by atoms with Gasteiger partial charge in [-0.05, 0) is 24.0 Å². The molecule has 0 radical (unpaired) electrons. The summed E-state index contributed by atoms with van der Waals surface area (Å²) in [6.45, 7) is 0.401. The molecule has 0 unspecified atom stereocenters. The zero-order valence-corrected chi connectivity index (χ0v) is 12.2. The molecule has 1 aromatic carbocycles. The van der Waals surface area contributed by atoms with Crippen LogP contribution in [0.15, 0.2) is 35.5 Å². The van der Waals surface area contributed by atoms with Crippen LogP contribution >= 0.6 is 23.4 Å². The minimum Gasteiger partial charge on any atom is -0.497 e. The molecule has 19 heavy (non-hydrogen) atoms. The maximum absolute atomic E-state index is 5.89. The highest BCUT2D eigenvalue weighted by molar-refractivity contribution is 7.98. The molecule has 0 saturated heterocycles. The van der Waals surface area contributed by atoms with Gasteiger partial charge in [0.25, 0.3) is 0 Å². The number of ether oxygens (including phenoxy) is 2. The number of benzene rings is 1. The first-order valence-corrected chi connectivity index (χ1v) is 7.16. The first-order valence-electron chi connectivity index (χ1n) is 5.55. The normalized spacial score (nSPS) is 10.3. The Morgan fingerprint density at radius 3 is 2.84 bits per heavy atom. The molecule has 1 heterocycles. The quantitative estimate of drug-likeness (QED) is 0.480. The molecule has 6 heteroatoms. The van der Waals surface area contributed by atoms with E-state index in [0.717, 1.165) is 11.3 Å². The molecule has 2 rings (SSSR count). The number of methoxy groups -OCH3 is 1. The van der Waals surface area contributed by atoms with Crippen LogP contribution in [0.5, 0.6) is 11.6 Å². The monoisotopic (exact) mass is 296 g/mol. The number of rotatable bonds is 5. The topological polar surface area (TPSA) is 44.2 Å². The van der Waals surface area contributed by atoms with Crippen molar-refractivity contribution >= 4 is 23.4 Å². The van der Waals surface area contributed by atoms with Crippen LogP contribution < -0.4 is 9.47 Å². The van der Waals surface area contributed by atoms with Crippen molar-refractivity contribution in [2.24, 2.45) is 0 Å². The molecule has 2 aromatic rings. The molecule has 1 aromatic heterocycles. The van der Waals surface area contributed by atoms with Crippen LogP contribution in [0.4, 0.5) is 0 Å². The zero-order valence-electron chi connectivity index (χ0n) is 10.6. The maximum atomic E-state index is 5.89. The molecule has 0 spiro atoms. The predicted molar refractivity (Wildman–Crippen MR) is 76.1 cm³/mol. The Bertz CT molecular complexity index is 566. The fraction of sp³-hybridized carbons (Fsp3) is 0.231. The molecule has 0 aliphatic rings. The van der Waals surface area contributed by atoms with E-state index in [1.807, 2.05) is 30.5 Å². The molecular formula is C13H13ClN2O2S. The average molecular weight is 297 g/mol. The lowest BCUT2D eigenvalue weighted by Gasteiger charge is -2.07. The molecule has 0 aliphatic heterocycles. The molecule has 0 saturated carbocycles. The predicted octanol–water partition coefficient (Wildman–Crippen LogP) is 3.44. The van der Waals surface area contributed by atoms with Crippen molar-refractivity contribution in [3.05, 3.63) is 41.0 Å². The smallest absolute Gasteiger partial charge is 0.219 e. The molecule has 0 N–H and O–H groups in total. The van der Waals surface area contributed by atoms with Gasteiger partial charge in [-0.25, -0.2) is 4.98 Å². The van der Waals surface area contributed by atoms with Gasteiger partial charge in [0, 0.05) is 6.07 Å². The zero-order chi connectivity index (χ0) is 13.7. The van der Waals surface area contributed by atoms with Crippen molar-refractivity contribution in [3.8, 4) is 11.6 Å². The number of thioether (sulfide) groups is 1. The van der Waals surface area contributed by atoms with Gasteiger partial charge in [-0.15, -0.1) is 0 Å². The Hall–Kier alpha value is -1.46. The van der Waals surface area contributed by atoms with Gasteiger partial charge in [0.2, 0.25) is 5.88 Å². The molecular weight excluding hydrogens is 284 g/mol. The minimum absolute atomic E-state index is 0.375. The Morgan fingerprint density at radius 1 is 1.26 bits per heavy atom. The Morgan fingerprint density at radius 2 is 2.11 bits per heavy atom. The third kappa shape index (κ3) is 4.01. The Balaban J connectivity index is 2.07. The van der Waals surface area contributed by atoms with Crippen molar-refractivity contribution in [2.45, 2.75) is 11.8 Å². The summed E-state index contributed by atoms with van der Waals surface area (Å²) in [5, 5.41) is 0.966. The number of aromatic nitrogens is 2. The highest BCUT2D eigenvalue weighted by Gasteiger charge is 2.04. The van der Waals surface area contributed by atoms with Gasteiger partial charge < -0.3 is 9.47 Å². The van der Waals surface area contributed by atoms with Crippen LogP contribution in [-0.4, -0.2) is 23.3 Å². The lowest BCUT2D eigenvalue weighted by molar-refractivity contribution is 0.290. The van der Waals surface area contributed by atoms with E-state index in [9.17, 15) is 0 Å². The van der Waals surface area contributed by atoms with Crippen LogP contribution in [-0.2, 0) is 6.61 Å². The van der Waals surface area contributed by atoms with E-state index in [4.69, 9.17) is 21.1 Å². The van der Waals surface area contributed by atoms with E-state index in [2.05, 4.69) is 9.97 Å². The van der Waals surface area contributed by atoms with Gasteiger partial charge in [0.15, 0.2) is 5.16 Å². The van der Waals surface area contributed by atoms with Gasteiger partial charge in [-0.2, -0.15) is 4.98 Å². The largest absolute Gasteiger partial charge is 0.497 e. The Labute approximate surface area is 121 Å². The van der Waals surface area contributed by atoms with E-state index in [-0.39, 0.29) is 0 Å². The number of halogens is 1. The first kappa shape index (κ1) is 14.0. The van der Waals surface area contributed by atoms with E-state index < -0.39 is 0 Å². The second-order valence-electron chi connectivity index (χ2n) is 3.66. The molecule has 100 valence electrons. The fourth-order valence-corrected chi connectivity index (χ4v) is 2.06. The highest BCUT2D eigenvalue weighted by Crippen LogP contribution is 2.20. The van der Waals surface area contributed by atoms with Gasteiger partial charge in [-0.3, -0.25) is 0 Å². The first-order chi connectivity index (χ1) is 9.21. The third-order valence-electron chi connectivity index (χ3n) is 2.35. The number of hydrogen-bond donors (Lipinski definition) is 0. The van der Waals surface area contributed by atoms with E-state index >= 15 is 0 Å². The van der Waals surface area contributed by atoms with Crippen molar-refractivity contribution in [1.29, 1.82) is 0 Å². The van der Waals surface area contributed by atoms with Crippen LogP contribution in [0.1, 0.15) is 5.56 Å². The minimum atomic E-state index is 0.375. The average Bonchev–Trinajstić information content (AvgIpc) is 2.44. The summed E-state index contributed by atoms with van der Waals surface area (Å²) in [5.41, 5.74) is 1.000. The van der Waals surface area contributed by atoms with Crippen LogP contribution in [0, 0.1) is 0 Å². The molecule has 0 aliphatic carbocycles. The third-order valence-corrected chi connectivity index (χ3v) is 3.10. The van der Waals surface area contributed by atoms with E-state index in [1.54, 1.807) is 13.2 Å². The lowest BCUT2D eigenvalue weighted by atomic mass is 10.2. The summed E-state index contributed by atoms with van der Waals surface area (Å²) in [4.78, 5) is 8.28. The second-order valence-corrected chi connectivity index (χ2v) is 4.82. The van der Waals surface area contributed by atoms with Gasteiger partial charge in [0.05, 0.1) is 7.11 Å². The van der Waals surface area contributed by atoms with E-state index in [1.165, 1.54) is 11.8 Å². The summed E-state index contributed by atoms with van der Waals surface area (Å²) >= 11 is 7.31. The van der Waals surface area contributed by atoms with Crippen LogP contribution in [0.3, 0.4) is 0 Å². The molecule has 0 atom stereocenters. The molecule has 4 nitrogen and oxygen atoms in total. The van der Waals surface area contributed by atoms with Gasteiger partial charge in [0.1, 0.15) is 17.5 Å².